The number of aliphatic carboxylic acids is 1. The van der Waals surface area contributed by atoms with E-state index in [4.69, 9.17) is 14.3 Å². The Labute approximate surface area is 244 Å². The zero-order valence-corrected chi connectivity index (χ0v) is 24.1. The fourth-order valence-corrected chi connectivity index (χ4v) is 5.45. The summed E-state index contributed by atoms with van der Waals surface area (Å²) in [6.45, 7) is 1.50. The maximum Gasteiger partial charge on any atom is 0.528 e. The average Bonchev–Trinajstić information content (AvgIpc) is 3.37. The van der Waals surface area contributed by atoms with Crippen LogP contribution in [0.4, 0.5) is 10.6 Å². The monoisotopic (exact) mass is 607 g/mol. The highest BCUT2D eigenvalue weighted by atomic mass is 32.2. The second-order valence-electron chi connectivity index (χ2n) is 9.62. The SMILES string of the molecule is CCCCS(=O)(=O)NC(CNC(=O)COC1CC(CNc2ccccn2)N(OC(=O)OCc2ccccc2)C1)C(=O)O. The molecule has 1 aromatic heterocycles. The van der Waals surface area contributed by atoms with Gasteiger partial charge in [0.25, 0.3) is 0 Å². The highest BCUT2D eigenvalue weighted by molar-refractivity contribution is 7.89. The highest BCUT2D eigenvalue weighted by Gasteiger charge is 2.36. The molecular formula is C27H37N5O9S. The lowest BCUT2D eigenvalue weighted by molar-refractivity contribution is -0.143. The lowest BCUT2D eigenvalue weighted by atomic mass is 10.2. The Kier molecular flexibility index (Phi) is 12.9. The van der Waals surface area contributed by atoms with E-state index in [2.05, 4.69) is 20.3 Å². The first kappa shape index (κ1) is 32.7. The van der Waals surface area contributed by atoms with Gasteiger partial charge in [0.2, 0.25) is 15.9 Å². The van der Waals surface area contributed by atoms with E-state index in [9.17, 15) is 27.9 Å². The standard InChI is InChI=1S/C27H37N5O9S/c1-2-3-13-42(37,38)31-23(26(34)35)16-30-25(33)19-39-22-14-21(15-29-24-11-7-8-12-28-24)32(17-22)41-27(36)40-18-20-9-5-4-6-10-20/h4-12,21-23,31H,2-3,13-19H2,1H3,(H,28,29)(H,30,33)(H,34,35). The number of carbonyl (C=O) groups excluding carboxylic acids is 2. The number of unbranched alkanes of at least 4 members (excludes halogenated alkanes) is 1. The zero-order valence-electron chi connectivity index (χ0n) is 23.3. The number of carboxylic acid groups (broad SMARTS) is 1. The minimum atomic E-state index is -3.81. The molecule has 1 saturated heterocycles. The third-order valence-electron chi connectivity index (χ3n) is 6.24. The lowest BCUT2D eigenvalue weighted by Gasteiger charge is -2.22. The van der Waals surface area contributed by atoms with Crippen LogP contribution in [0.5, 0.6) is 0 Å². The summed E-state index contributed by atoms with van der Waals surface area (Å²) in [5.74, 6) is -1.62. The van der Waals surface area contributed by atoms with Crippen molar-refractivity contribution in [3.05, 3.63) is 60.3 Å². The molecule has 15 heteroatoms. The molecule has 14 nitrogen and oxygen atoms in total. The van der Waals surface area contributed by atoms with Gasteiger partial charge in [-0.2, -0.15) is 4.72 Å². The number of amides is 1. The van der Waals surface area contributed by atoms with E-state index in [1.165, 1.54) is 5.06 Å². The van der Waals surface area contributed by atoms with Crippen molar-refractivity contribution in [3.8, 4) is 0 Å². The number of hydrogen-bond donors (Lipinski definition) is 4. The van der Waals surface area contributed by atoms with E-state index in [-0.39, 0.29) is 24.9 Å². The van der Waals surface area contributed by atoms with E-state index in [0.29, 0.717) is 31.6 Å². The summed E-state index contributed by atoms with van der Waals surface area (Å²) in [5, 5.41) is 16.4. The first-order valence-electron chi connectivity index (χ1n) is 13.6. The van der Waals surface area contributed by atoms with Gasteiger partial charge < -0.3 is 30.1 Å². The Balaban J connectivity index is 1.50. The van der Waals surface area contributed by atoms with Crippen molar-refractivity contribution in [1.29, 1.82) is 0 Å². The van der Waals surface area contributed by atoms with Gasteiger partial charge in [-0.1, -0.05) is 49.7 Å². The lowest BCUT2D eigenvalue weighted by Crippen LogP contribution is -2.49. The Hall–Kier alpha value is -3.79. The number of nitrogens with zero attached hydrogens (tertiary/aromatic N) is 2. The summed E-state index contributed by atoms with van der Waals surface area (Å²) in [4.78, 5) is 46.0. The Morgan fingerprint density at radius 2 is 1.90 bits per heavy atom. The smallest absolute Gasteiger partial charge is 0.480 e. The first-order chi connectivity index (χ1) is 20.1. The number of benzene rings is 1. The molecule has 2 aromatic rings. The molecule has 0 aliphatic carbocycles. The van der Waals surface area contributed by atoms with Gasteiger partial charge in [0, 0.05) is 19.3 Å². The summed E-state index contributed by atoms with van der Waals surface area (Å²) >= 11 is 0. The Morgan fingerprint density at radius 1 is 1.14 bits per heavy atom. The molecule has 3 unspecified atom stereocenters. The number of carboxylic acids is 1. The van der Waals surface area contributed by atoms with Gasteiger partial charge in [0.1, 0.15) is 25.1 Å². The van der Waals surface area contributed by atoms with Crippen LogP contribution in [0.3, 0.4) is 0 Å². The van der Waals surface area contributed by atoms with Gasteiger partial charge >= 0.3 is 12.1 Å². The van der Waals surface area contributed by atoms with E-state index < -0.39 is 53.4 Å². The summed E-state index contributed by atoms with van der Waals surface area (Å²) in [6.07, 6.45) is 1.66. The molecule has 3 atom stereocenters. The van der Waals surface area contributed by atoms with Crippen LogP contribution in [0.2, 0.25) is 0 Å². The number of carbonyl (C=O) groups is 3. The van der Waals surface area contributed by atoms with Gasteiger partial charge in [0.15, 0.2) is 0 Å². The van der Waals surface area contributed by atoms with Crippen LogP contribution in [0, 0.1) is 0 Å². The summed E-state index contributed by atoms with van der Waals surface area (Å²) in [6, 6.07) is 12.7. The van der Waals surface area contributed by atoms with Gasteiger partial charge in [-0.25, -0.2) is 18.2 Å². The molecule has 4 N–H and O–H groups in total. The number of hydrogen-bond acceptors (Lipinski definition) is 11. The molecule has 1 aliphatic rings. The molecule has 1 fully saturated rings. The van der Waals surface area contributed by atoms with Gasteiger partial charge in [-0.15, -0.1) is 5.06 Å². The second kappa shape index (κ2) is 16.6. The molecule has 0 bridgehead atoms. The first-order valence-corrected chi connectivity index (χ1v) is 15.2. The zero-order chi connectivity index (χ0) is 30.4. The molecule has 1 aliphatic heterocycles. The second-order valence-corrected chi connectivity index (χ2v) is 11.5. The number of hydroxylamine groups is 2. The molecule has 2 heterocycles. The van der Waals surface area contributed by atoms with Crippen molar-refractivity contribution < 1.29 is 42.2 Å². The summed E-state index contributed by atoms with van der Waals surface area (Å²) in [7, 11) is -3.81. The number of pyridine rings is 1. The third kappa shape index (κ3) is 11.6. The molecule has 0 radical (unpaired) electrons. The maximum absolute atomic E-state index is 12.4. The van der Waals surface area contributed by atoms with Crippen molar-refractivity contribution in [3.63, 3.8) is 0 Å². The van der Waals surface area contributed by atoms with Gasteiger partial charge in [0.05, 0.1) is 24.4 Å². The number of nitrogens with one attached hydrogen (secondary N) is 3. The van der Waals surface area contributed by atoms with Gasteiger partial charge in [-0.05, 0) is 30.5 Å². The molecule has 1 amide bonds. The largest absolute Gasteiger partial charge is 0.528 e. The van der Waals surface area contributed by atoms with Gasteiger partial charge in [-0.3, -0.25) is 9.59 Å². The molecule has 0 spiro atoms. The molecule has 230 valence electrons. The predicted molar refractivity (Wildman–Crippen MR) is 152 cm³/mol. The topological polar surface area (TPSA) is 185 Å². The van der Waals surface area contributed by atoms with Crippen LogP contribution >= 0.6 is 0 Å². The van der Waals surface area contributed by atoms with Crippen molar-refractivity contribution >= 4 is 33.9 Å². The number of rotatable bonds is 17. The van der Waals surface area contributed by atoms with Crippen LogP contribution in [0.1, 0.15) is 31.7 Å². The quantitative estimate of drug-likeness (QED) is 0.190. The van der Waals surface area contributed by atoms with Crippen LogP contribution in [-0.2, 0) is 40.5 Å². The number of sulfonamides is 1. The van der Waals surface area contributed by atoms with Crippen molar-refractivity contribution in [1.82, 2.24) is 20.1 Å². The van der Waals surface area contributed by atoms with Crippen LogP contribution < -0.4 is 15.4 Å². The fourth-order valence-electron chi connectivity index (χ4n) is 4.04. The van der Waals surface area contributed by atoms with E-state index in [1.54, 1.807) is 18.3 Å². The normalized spacial score (nSPS) is 17.7. The molecule has 3 rings (SSSR count). The predicted octanol–water partition coefficient (Wildman–Crippen LogP) is 1.51. The molecule has 1 aromatic carbocycles. The van der Waals surface area contributed by atoms with E-state index in [0.717, 1.165) is 5.56 Å². The third-order valence-corrected chi connectivity index (χ3v) is 7.71. The van der Waals surface area contributed by atoms with Crippen molar-refractivity contribution in [2.24, 2.45) is 0 Å². The minimum Gasteiger partial charge on any atom is -0.480 e. The minimum absolute atomic E-state index is 0.0383. The van der Waals surface area contributed by atoms with Crippen LogP contribution in [-0.4, -0.2) is 91.8 Å². The summed E-state index contributed by atoms with van der Waals surface area (Å²) in [5.41, 5.74) is 0.801. The number of anilines is 1. The number of aromatic nitrogens is 1. The molecule has 42 heavy (non-hydrogen) atoms. The Morgan fingerprint density at radius 3 is 2.60 bits per heavy atom. The fraction of sp³-hybridized carbons (Fsp3) is 0.481. The molecular weight excluding hydrogens is 570 g/mol. The maximum atomic E-state index is 12.4. The molecule has 0 saturated carbocycles. The van der Waals surface area contributed by atoms with E-state index in [1.807, 2.05) is 43.3 Å². The van der Waals surface area contributed by atoms with E-state index >= 15 is 0 Å². The van der Waals surface area contributed by atoms with Crippen molar-refractivity contribution in [2.75, 3.05) is 37.3 Å². The number of ether oxygens (including phenoxy) is 2. The summed E-state index contributed by atoms with van der Waals surface area (Å²) < 4.78 is 37.2. The van der Waals surface area contributed by atoms with Crippen LogP contribution in [0.25, 0.3) is 0 Å². The average molecular weight is 608 g/mol. The Bertz CT molecular complexity index is 1250. The van der Waals surface area contributed by atoms with Crippen molar-refractivity contribution in [2.45, 2.75) is 51.0 Å². The van der Waals surface area contributed by atoms with Crippen LogP contribution in [0.15, 0.2) is 54.7 Å². The highest BCUT2D eigenvalue weighted by Crippen LogP contribution is 2.22.